The number of likely N-dealkylation sites (tertiary alicyclic amines) is 1. The first-order chi connectivity index (χ1) is 13.9. The number of rotatable bonds is 4. The van der Waals surface area contributed by atoms with Crippen molar-refractivity contribution in [3.05, 3.63) is 65.9 Å². The van der Waals surface area contributed by atoms with Gasteiger partial charge in [-0.15, -0.1) is 0 Å². The van der Waals surface area contributed by atoms with Crippen LogP contribution in [0, 0.1) is 0 Å². The van der Waals surface area contributed by atoms with Crippen LogP contribution in [0.25, 0.3) is 11.3 Å². The Labute approximate surface area is 167 Å². The fraction of sp³-hybridized carbons (Fsp3) is 0.381. The number of piperidine rings is 1. The number of hydrogen-bond donors (Lipinski definition) is 0. The van der Waals surface area contributed by atoms with Crippen LogP contribution in [0.5, 0.6) is 0 Å². The van der Waals surface area contributed by atoms with E-state index in [9.17, 15) is 13.2 Å². The molecule has 0 amide bonds. The van der Waals surface area contributed by atoms with Crippen LogP contribution in [0.3, 0.4) is 0 Å². The number of aromatic nitrogens is 4. The third kappa shape index (κ3) is 4.48. The van der Waals surface area contributed by atoms with Crippen LogP contribution < -0.4 is 0 Å². The van der Waals surface area contributed by atoms with Crippen LogP contribution >= 0.6 is 0 Å². The Kier molecular flexibility index (Phi) is 5.36. The largest absolute Gasteiger partial charge is 0.416 e. The van der Waals surface area contributed by atoms with Crippen LogP contribution in [-0.4, -0.2) is 37.7 Å². The molecule has 1 saturated heterocycles. The number of alkyl halides is 3. The highest BCUT2D eigenvalue weighted by atomic mass is 19.4. The van der Waals surface area contributed by atoms with Crippen molar-refractivity contribution in [2.24, 2.45) is 7.05 Å². The number of aryl methyl sites for hydroxylation is 1. The summed E-state index contributed by atoms with van der Waals surface area (Å²) in [5.41, 5.74) is 2.22. The van der Waals surface area contributed by atoms with Gasteiger partial charge in [0.15, 0.2) is 0 Å². The zero-order valence-corrected chi connectivity index (χ0v) is 16.1. The van der Waals surface area contributed by atoms with Crippen LogP contribution in [0.1, 0.15) is 35.6 Å². The van der Waals surface area contributed by atoms with Gasteiger partial charge in [0.2, 0.25) is 0 Å². The first-order valence-corrected chi connectivity index (χ1v) is 9.58. The highest BCUT2D eigenvalue weighted by Crippen LogP contribution is 2.35. The maximum atomic E-state index is 13.1. The Morgan fingerprint density at radius 3 is 2.76 bits per heavy atom. The molecule has 1 atom stereocenters. The van der Waals surface area contributed by atoms with Crippen LogP contribution in [0.4, 0.5) is 13.2 Å². The fourth-order valence-electron chi connectivity index (χ4n) is 3.95. The second kappa shape index (κ2) is 7.94. The van der Waals surface area contributed by atoms with Gasteiger partial charge in [-0.05, 0) is 31.5 Å². The molecular weight excluding hydrogens is 379 g/mol. The number of nitrogens with zero attached hydrogens (tertiary/aromatic N) is 5. The van der Waals surface area contributed by atoms with Gasteiger partial charge in [-0.1, -0.05) is 12.1 Å². The molecule has 1 aromatic carbocycles. The summed E-state index contributed by atoms with van der Waals surface area (Å²) in [5, 5.41) is 4.22. The maximum Gasteiger partial charge on any atom is 0.416 e. The zero-order valence-electron chi connectivity index (χ0n) is 16.1. The lowest BCUT2D eigenvalue weighted by molar-refractivity contribution is -0.137. The summed E-state index contributed by atoms with van der Waals surface area (Å²) in [5.74, 6) is 0.124. The van der Waals surface area contributed by atoms with Gasteiger partial charge in [0, 0.05) is 55.8 Å². The minimum absolute atomic E-state index is 0.124. The molecule has 1 aliphatic heterocycles. The molecule has 8 heteroatoms. The van der Waals surface area contributed by atoms with E-state index in [2.05, 4.69) is 20.0 Å². The molecular formula is C21H22F3N5. The molecule has 152 valence electrons. The van der Waals surface area contributed by atoms with Gasteiger partial charge in [-0.2, -0.15) is 18.3 Å². The van der Waals surface area contributed by atoms with Gasteiger partial charge in [0.1, 0.15) is 0 Å². The van der Waals surface area contributed by atoms with Crippen molar-refractivity contribution >= 4 is 0 Å². The van der Waals surface area contributed by atoms with E-state index in [0.717, 1.165) is 55.9 Å². The summed E-state index contributed by atoms with van der Waals surface area (Å²) in [4.78, 5) is 11.3. The monoisotopic (exact) mass is 401 g/mol. The third-order valence-corrected chi connectivity index (χ3v) is 5.25. The van der Waals surface area contributed by atoms with E-state index in [0.29, 0.717) is 11.3 Å². The Bertz CT molecular complexity index is 982. The minimum atomic E-state index is -4.39. The summed E-state index contributed by atoms with van der Waals surface area (Å²) in [7, 11) is 1.89. The molecule has 0 saturated carbocycles. The number of benzene rings is 1. The van der Waals surface area contributed by atoms with Crippen molar-refractivity contribution in [3.8, 4) is 11.3 Å². The van der Waals surface area contributed by atoms with E-state index in [1.807, 2.05) is 19.4 Å². The molecule has 0 unspecified atom stereocenters. The summed E-state index contributed by atoms with van der Waals surface area (Å²) in [6.45, 7) is 2.56. The van der Waals surface area contributed by atoms with E-state index in [1.54, 1.807) is 16.9 Å². The number of hydrogen-bond acceptors (Lipinski definition) is 4. The summed E-state index contributed by atoms with van der Waals surface area (Å²) in [6.07, 6.45) is 4.57. The van der Waals surface area contributed by atoms with Gasteiger partial charge in [-0.3, -0.25) is 19.5 Å². The Morgan fingerprint density at radius 2 is 2.00 bits per heavy atom. The second-order valence-corrected chi connectivity index (χ2v) is 7.47. The highest BCUT2D eigenvalue weighted by molar-refractivity contribution is 5.63. The molecule has 3 aromatic rings. The van der Waals surface area contributed by atoms with Crippen molar-refractivity contribution in [3.63, 3.8) is 0 Å². The van der Waals surface area contributed by atoms with Crippen molar-refractivity contribution < 1.29 is 13.2 Å². The van der Waals surface area contributed by atoms with Crippen LogP contribution in [0.15, 0.2) is 49.1 Å². The first kappa shape index (κ1) is 19.6. The van der Waals surface area contributed by atoms with E-state index >= 15 is 0 Å². The van der Waals surface area contributed by atoms with Gasteiger partial charge in [0.25, 0.3) is 0 Å². The van der Waals surface area contributed by atoms with E-state index in [1.165, 1.54) is 12.3 Å². The van der Waals surface area contributed by atoms with Gasteiger partial charge in [0.05, 0.1) is 23.1 Å². The van der Waals surface area contributed by atoms with Gasteiger partial charge < -0.3 is 0 Å². The molecule has 5 nitrogen and oxygen atoms in total. The zero-order chi connectivity index (χ0) is 20.4. The standard InChI is InChI=1S/C21H22F3N5/c1-28-12-15(11-27-28)13-29-9-3-5-17(14-29)20-19(25-7-8-26-20)16-4-2-6-18(10-16)21(22,23)24/h2,4,6-8,10-12,17H,3,5,9,13-14H2,1H3/t17-/m0/s1. The molecule has 0 aliphatic carbocycles. The number of halogens is 3. The predicted molar refractivity (Wildman–Crippen MR) is 103 cm³/mol. The first-order valence-electron chi connectivity index (χ1n) is 9.58. The molecule has 0 N–H and O–H groups in total. The summed E-state index contributed by atoms with van der Waals surface area (Å²) in [6, 6.07) is 5.32. The van der Waals surface area contributed by atoms with E-state index in [4.69, 9.17) is 0 Å². The topological polar surface area (TPSA) is 46.8 Å². The maximum absolute atomic E-state index is 13.1. The Hall–Kier alpha value is -2.74. The van der Waals surface area contributed by atoms with Crippen molar-refractivity contribution in [2.75, 3.05) is 13.1 Å². The van der Waals surface area contributed by atoms with Crippen molar-refractivity contribution in [1.29, 1.82) is 0 Å². The molecule has 3 heterocycles. The molecule has 0 radical (unpaired) electrons. The smallest absolute Gasteiger partial charge is 0.298 e. The average molecular weight is 401 g/mol. The lowest BCUT2D eigenvalue weighted by Gasteiger charge is -2.32. The molecule has 1 fully saturated rings. The van der Waals surface area contributed by atoms with Gasteiger partial charge in [-0.25, -0.2) is 0 Å². The van der Waals surface area contributed by atoms with E-state index < -0.39 is 11.7 Å². The molecule has 29 heavy (non-hydrogen) atoms. The molecule has 0 spiro atoms. The van der Waals surface area contributed by atoms with Crippen molar-refractivity contribution in [1.82, 2.24) is 24.6 Å². The fourth-order valence-corrected chi connectivity index (χ4v) is 3.95. The highest BCUT2D eigenvalue weighted by Gasteiger charge is 2.31. The summed E-state index contributed by atoms with van der Waals surface area (Å²) < 4.78 is 41.2. The molecule has 0 bridgehead atoms. The lowest BCUT2D eigenvalue weighted by atomic mass is 9.91. The van der Waals surface area contributed by atoms with Gasteiger partial charge >= 0.3 is 6.18 Å². The second-order valence-electron chi connectivity index (χ2n) is 7.47. The predicted octanol–water partition coefficient (Wildman–Crippen LogP) is 4.28. The average Bonchev–Trinajstić information content (AvgIpc) is 3.12. The Balaban J connectivity index is 1.59. The third-order valence-electron chi connectivity index (χ3n) is 5.25. The Morgan fingerprint density at radius 1 is 1.17 bits per heavy atom. The van der Waals surface area contributed by atoms with Crippen molar-refractivity contribution in [2.45, 2.75) is 31.5 Å². The quantitative estimate of drug-likeness (QED) is 0.655. The summed E-state index contributed by atoms with van der Waals surface area (Å²) >= 11 is 0. The van der Waals surface area contributed by atoms with Crippen LogP contribution in [-0.2, 0) is 19.8 Å². The lowest BCUT2D eigenvalue weighted by Crippen LogP contribution is -2.34. The minimum Gasteiger partial charge on any atom is -0.298 e. The molecule has 2 aromatic heterocycles. The van der Waals surface area contributed by atoms with E-state index in [-0.39, 0.29) is 5.92 Å². The SMILES string of the molecule is Cn1cc(CN2CCC[C@H](c3nccnc3-c3cccc(C(F)(F)F)c3)C2)cn1. The van der Waals surface area contributed by atoms with Crippen LogP contribution in [0.2, 0.25) is 0 Å². The molecule has 4 rings (SSSR count). The normalized spacial score (nSPS) is 18.1. The molecule has 1 aliphatic rings.